The zero-order valence-corrected chi connectivity index (χ0v) is 17.6. The number of aryl methyl sites for hydroxylation is 1. The predicted octanol–water partition coefficient (Wildman–Crippen LogP) is 6.25. The maximum atomic E-state index is 6.21. The van der Waals surface area contributed by atoms with Crippen molar-refractivity contribution in [3.8, 4) is 21.8 Å². The van der Waals surface area contributed by atoms with E-state index in [4.69, 9.17) is 16.6 Å². The lowest BCUT2D eigenvalue weighted by atomic mass is 10.1. The Morgan fingerprint density at radius 2 is 1.81 bits per heavy atom. The van der Waals surface area contributed by atoms with Gasteiger partial charge in [0.15, 0.2) is 5.13 Å². The summed E-state index contributed by atoms with van der Waals surface area (Å²) in [6.45, 7) is 8.06. The van der Waals surface area contributed by atoms with Gasteiger partial charge < -0.3 is 4.90 Å². The lowest BCUT2D eigenvalue weighted by Gasteiger charge is -2.25. The van der Waals surface area contributed by atoms with Gasteiger partial charge in [-0.05, 0) is 44.4 Å². The minimum Gasteiger partial charge on any atom is -0.348 e. The summed E-state index contributed by atoms with van der Waals surface area (Å²) in [6.07, 6.45) is 5.57. The second-order valence-electron chi connectivity index (χ2n) is 6.22. The molecule has 27 heavy (non-hydrogen) atoms. The molecule has 6 heteroatoms. The Bertz CT molecular complexity index is 824. The minimum absolute atomic E-state index is 0.717. The largest absolute Gasteiger partial charge is 0.348 e. The highest BCUT2D eigenvalue weighted by atomic mass is 35.5. The van der Waals surface area contributed by atoms with E-state index in [1.54, 1.807) is 17.5 Å². The molecule has 1 aliphatic heterocycles. The van der Waals surface area contributed by atoms with E-state index < -0.39 is 0 Å². The fourth-order valence-corrected chi connectivity index (χ4v) is 4.42. The first-order valence-corrected chi connectivity index (χ1v) is 10.7. The molecule has 142 valence electrons. The first-order valence-electron chi connectivity index (χ1n) is 9.52. The van der Waals surface area contributed by atoms with Gasteiger partial charge in [-0.1, -0.05) is 48.9 Å². The molecule has 0 saturated carbocycles. The van der Waals surface area contributed by atoms with E-state index in [0.29, 0.717) is 0 Å². The van der Waals surface area contributed by atoms with E-state index in [1.165, 1.54) is 19.3 Å². The van der Waals surface area contributed by atoms with Gasteiger partial charge in [-0.2, -0.15) is 0 Å². The molecule has 0 unspecified atom stereocenters. The molecule has 0 aliphatic carbocycles. The molecule has 0 bridgehead atoms. The van der Waals surface area contributed by atoms with Gasteiger partial charge in [0, 0.05) is 29.9 Å². The van der Waals surface area contributed by atoms with Crippen LogP contribution in [-0.2, 0) is 0 Å². The minimum atomic E-state index is 0.717. The first-order chi connectivity index (χ1) is 13.2. The van der Waals surface area contributed by atoms with Gasteiger partial charge in [0.05, 0.1) is 16.3 Å². The summed E-state index contributed by atoms with van der Waals surface area (Å²) in [4.78, 5) is 17.3. The number of thiazole rings is 1. The van der Waals surface area contributed by atoms with Crippen LogP contribution in [0.4, 0.5) is 5.13 Å². The van der Waals surface area contributed by atoms with Crippen LogP contribution in [0.15, 0.2) is 36.5 Å². The smallest absolute Gasteiger partial charge is 0.186 e. The summed E-state index contributed by atoms with van der Waals surface area (Å²) >= 11 is 7.92. The molecule has 0 amide bonds. The molecule has 0 radical (unpaired) electrons. The van der Waals surface area contributed by atoms with E-state index in [2.05, 4.69) is 20.9 Å². The Labute approximate surface area is 170 Å². The van der Waals surface area contributed by atoms with Crippen molar-refractivity contribution in [1.29, 1.82) is 0 Å². The number of piperidine rings is 1. The maximum Gasteiger partial charge on any atom is 0.186 e. The van der Waals surface area contributed by atoms with Gasteiger partial charge in [0.2, 0.25) is 0 Å². The lowest BCUT2D eigenvalue weighted by molar-refractivity contribution is 0.577. The summed E-state index contributed by atoms with van der Waals surface area (Å²) in [6, 6.07) is 9.82. The van der Waals surface area contributed by atoms with Crippen molar-refractivity contribution in [3.63, 3.8) is 0 Å². The average molecular weight is 401 g/mol. The van der Waals surface area contributed by atoms with Crippen LogP contribution in [0.2, 0.25) is 5.02 Å². The summed E-state index contributed by atoms with van der Waals surface area (Å²) in [7, 11) is 0. The zero-order valence-electron chi connectivity index (χ0n) is 16.1. The van der Waals surface area contributed by atoms with Gasteiger partial charge in [-0.3, -0.25) is 0 Å². The van der Waals surface area contributed by atoms with E-state index in [9.17, 15) is 0 Å². The van der Waals surface area contributed by atoms with Crippen LogP contribution >= 0.6 is 22.9 Å². The number of halogens is 1. The summed E-state index contributed by atoms with van der Waals surface area (Å²) in [5.74, 6) is 0.766. The van der Waals surface area contributed by atoms with Gasteiger partial charge in [-0.15, -0.1) is 0 Å². The first kappa shape index (κ1) is 19.8. The normalized spacial score (nSPS) is 13.9. The lowest BCUT2D eigenvalue weighted by Crippen LogP contribution is -2.29. The molecule has 0 atom stereocenters. The summed E-state index contributed by atoms with van der Waals surface area (Å²) in [5, 5.41) is 1.79. The van der Waals surface area contributed by atoms with Gasteiger partial charge in [0.1, 0.15) is 5.82 Å². The van der Waals surface area contributed by atoms with Crippen molar-refractivity contribution in [1.82, 2.24) is 15.0 Å². The highest BCUT2D eigenvalue weighted by molar-refractivity contribution is 7.19. The fourth-order valence-electron chi connectivity index (χ4n) is 3.12. The highest BCUT2D eigenvalue weighted by Crippen LogP contribution is 2.40. The zero-order chi connectivity index (χ0) is 19.2. The van der Waals surface area contributed by atoms with Crippen molar-refractivity contribution in [2.45, 2.75) is 40.0 Å². The van der Waals surface area contributed by atoms with E-state index in [1.807, 2.05) is 45.0 Å². The second-order valence-corrected chi connectivity index (χ2v) is 7.64. The van der Waals surface area contributed by atoms with Gasteiger partial charge in [-0.25, -0.2) is 15.0 Å². The van der Waals surface area contributed by atoms with Gasteiger partial charge in [0.25, 0.3) is 0 Å². The third-order valence-electron chi connectivity index (χ3n) is 4.35. The van der Waals surface area contributed by atoms with Crippen LogP contribution in [0.25, 0.3) is 21.8 Å². The number of nitrogens with zero attached hydrogens (tertiary/aromatic N) is 4. The van der Waals surface area contributed by atoms with Gasteiger partial charge >= 0.3 is 0 Å². The topological polar surface area (TPSA) is 41.9 Å². The Morgan fingerprint density at radius 1 is 1.04 bits per heavy atom. The van der Waals surface area contributed by atoms with Crippen molar-refractivity contribution in [2.75, 3.05) is 18.0 Å². The third-order valence-corrected chi connectivity index (χ3v) is 5.72. The monoisotopic (exact) mass is 400 g/mol. The Morgan fingerprint density at radius 3 is 2.52 bits per heavy atom. The molecular formula is C21H25ClN4S. The van der Waals surface area contributed by atoms with Crippen LogP contribution in [-0.4, -0.2) is 28.0 Å². The van der Waals surface area contributed by atoms with Crippen LogP contribution in [0.5, 0.6) is 0 Å². The molecule has 0 spiro atoms. The Balaban J connectivity index is 0.00000102. The van der Waals surface area contributed by atoms with Crippen molar-refractivity contribution in [2.24, 2.45) is 0 Å². The van der Waals surface area contributed by atoms with E-state index in [-0.39, 0.29) is 0 Å². The number of rotatable bonds is 3. The molecule has 1 saturated heterocycles. The van der Waals surface area contributed by atoms with Crippen molar-refractivity contribution in [3.05, 3.63) is 47.4 Å². The maximum absolute atomic E-state index is 6.21. The van der Waals surface area contributed by atoms with E-state index >= 15 is 0 Å². The molecule has 2 aromatic heterocycles. The number of anilines is 1. The molecule has 1 fully saturated rings. The average Bonchev–Trinajstić information content (AvgIpc) is 3.16. The van der Waals surface area contributed by atoms with E-state index in [0.717, 1.165) is 50.9 Å². The number of hydrogen-bond donors (Lipinski definition) is 0. The predicted molar refractivity (Wildman–Crippen MR) is 116 cm³/mol. The molecule has 3 aromatic rings. The van der Waals surface area contributed by atoms with Crippen LogP contribution in [0, 0.1) is 6.92 Å². The number of hydrogen-bond acceptors (Lipinski definition) is 5. The highest BCUT2D eigenvalue weighted by Gasteiger charge is 2.21. The molecule has 4 rings (SSSR count). The summed E-state index contributed by atoms with van der Waals surface area (Å²) in [5.41, 5.74) is 2.90. The number of benzene rings is 1. The fraction of sp³-hybridized carbons (Fsp3) is 0.381. The summed E-state index contributed by atoms with van der Waals surface area (Å²) < 4.78 is 0. The van der Waals surface area contributed by atoms with Crippen LogP contribution in [0.1, 0.15) is 38.9 Å². The van der Waals surface area contributed by atoms with Crippen LogP contribution in [0.3, 0.4) is 0 Å². The Hall–Kier alpha value is -1.98. The SMILES string of the molecule is CC.Cc1nccc(-c2sc(N3CCCCC3)nc2-c2cccc(Cl)c2)n1. The third kappa shape index (κ3) is 4.66. The van der Waals surface area contributed by atoms with Crippen molar-refractivity contribution >= 4 is 28.1 Å². The second kappa shape index (κ2) is 9.29. The van der Waals surface area contributed by atoms with Crippen LogP contribution < -0.4 is 4.90 Å². The molecule has 0 N–H and O–H groups in total. The molecular weight excluding hydrogens is 376 g/mol. The molecule has 3 heterocycles. The molecule has 4 nitrogen and oxygen atoms in total. The molecule has 1 aliphatic rings. The standard InChI is InChI=1S/C19H19ClN4S.C2H6/c1-13-21-9-8-16(22-13)18-17(14-6-5-7-15(20)12-14)23-19(25-18)24-10-3-2-4-11-24;1-2/h5-9,12H,2-4,10-11H2,1H3;1-2H3. The number of aromatic nitrogens is 3. The Kier molecular flexibility index (Phi) is 6.80. The van der Waals surface area contributed by atoms with Crippen molar-refractivity contribution < 1.29 is 0 Å². The quantitative estimate of drug-likeness (QED) is 0.521. The molecule has 1 aromatic carbocycles.